The van der Waals surface area contributed by atoms with E-state index in [-0.39, 0.29) is 34.7 Å². The van der Waals surface area contributed by atoms with Crippen LogP contribution in [0.15, 0.2) is 66.7 Å². The standard InChI is InChI=1S/C28H29Cl4N3O4S/c1-18(2)33-28(37)25(14-19-8-5-4-6-9-19)34(16-20-12-13-21(29)15-23(20)31)26(36)17-35(40(3,38)39)24-11-7-10-22(30)27(24)32/h4-13,15,18,25H,14,16-17H2,1-3H3,(H,33,37)/t25-/m0/s1. The number of amides is 2. The molecule has 0 aliphatic rings. The van der Waals surface area contributed by atoms with Gasteiger partial charge in [-0.15, -0.1) is 0 Å². The second-order valence-electron chi connectivity index (χ2n) is 9.47. The molecule has 0 unspecified atom stereocenters. The molecular weight excluding hydrogens is 616 g/mol. The largest absolute Gasteiger partial charge is 0.352 e. The first-order chi connectivity index (χ1) is 18.8. The number of benzene rings is 3. The lowest BCUT2D eigenvalue weighted by Crippen LogP contribution is -2.54. The van der Waals surface area contributed by atoms with Crippen LogP contribution in [-0.2, 0) is 32.6 Å². The Morgan fingerprint density at radius 3 is 2.17 bits per heavy atom. The van der Waals surface area contributed by atoms with Gasteiger partial charge in [0.2, 0.25) is 21.8 Å². The summed E-state index contributed by atoms with van der Waals surface area (Å²) in [7, 11) is -4.00. The molecule has 3 aromatic rings. The fourth-order valence-corrected chi connectivity index (χ4v) is 5.82. The highest BCUT2D eigenvalue weighted by atomic mass is 35.5. The third-order valence-electron chi connectivity index (χ3n) is 5.94. The van der Waals surface area contributed by atoms with Gasteiger partial charge in [0, 0.05) is 29.1 Å². The summed E-state index contributed by atoms with van der Waals surface area (Å²) in [5.41, 5.74) is 1.38. The lowest BCUT2D eigenvalue weighted by Gasteiger charge is -2.34. The number of carbonyl (C=O) groups excluding carboxylic acids is 2. The number of sulfonamides is 1. The summed E-state index contributed by atoms with van der Waals surface area (Å²) in [6.07, 6.45) is 1.14. The SMILES string of the molecule is CC(C)NC(=O)[C@H](Cc1ccccc1)N(Cc1ccc(Cl)cc1Cl)C(=O)CN(c1cccc(Cl)c1Cl)S(C)(=O)=O. The minimum absolute atomic E-state index is 0.0203. The normalized spacial score (nSPS) is 12.2. The molecule has 0 saturated carbocycles. The summed E-state index contributed by atoms with van der Waals surface area (Å²) < 4.78 is 26.6. The molecule has 1 N–H and O–H groups in total. The molecule has 0 aliphatic heterocycles. The Hall–Kier alpha value is -2.49. The highest BCUT2D eigenvalue weighted by molar-refractivity contribution is 7.92. The molecule has 7 nitrogen and oxygen atoms in total. The van der Waals surface area contributed by atoms with Crippen molar-refractivity contribution in [3.05, 3.63) is 97.9 Å². The van der Waals surface area contributed by atoms with E-state index in [0.717, 1.165) is 16.1 Å². The smallest absolute Gasteiger partial charge is 0.244 e. The molecule has 0 fully saturated rings. The van der Waals surface area contributed by atoms with Crippen molar-refractivity contribution < 1.29 is 18.0 Å². The molecule has 0 radical (unpaired) electrons. The van der Waals surface area contributed by atoms with Gasteiger partial charge in [0.05, 0.1) is 22.0 Å². The fraction of sp³-hybridized carbons (Fsp3) is 0.286. The minimum atomic E-state index is -4.00. The van der Waals surface area contributed by atoms with Gasteiger partial charge in [-0.3, -0.25) is 13.9 Å². The number of nitrogens with one attached hydrogen (secondary N) is 1. The van der Waals surface area contributed by atoms with E-state index in [1.807, 2.05) is 44.2 Å². The Bertz CT molecular complexity index is 1470. The third kappa shape index (κ3) is 8.51. The molecule has 214 valence electrons. The molecule has 12 heteroatoms. The van der Waals surface area contributed by atoms with Crippen molar-refractivity contribution in [3.8, 4) is 0 Å². The number of rotatable bonds is 11. The molecule has 0 saturated heterocycles. The number of carbonyl (C=O) groups is 2. The Labute approximate surface area is 255 Å². The average Bonchev–Trinajstić information content (AvgIpc) is 2.87. The molecule has 3 rings (SSSR count). The predicted octanol–water partition coefficient (Wildman–Crippen LogP) is 6.23. The van der Waals surface area contributed by atoms with Crippen LogP contribution in [-0.4, -0.2) is 50.0 Å². The minimum Gasteiger partial charge on any atom is -0.352 e. The number of halogens is 4. The van der Waals surface area contributed by atoms with Crippen LogP contribution in [0.1, 0.15) is 25.0 Å². The monoisotopic (exact) mass is 643 g/mol. The highest BCUT2D eigenvalue weighted by Crippen LogP contribution is 2.34. The lowest BCUT2D eigenvalue weighted by molar-refractivity contribution is -0.140. The Morgan fingerprint density at radius 2 is 1.57 bits per heavy atom. The number of nitrogens with zero attached hydrogens (tertiary/aromatic N) is 2. The average molecular weight is 645 g/mol. The van der Waals surface area contributed by atoms with Crippen LogP contribution in [0.2, 0.25) is 20.1 Å². The van der Waals surface area contributed by atoms with E-state index < -0.39 is 34.4 Å². The lowest BCUT2D eigenvalue weighted by atomic mass is 10.0. The van der Waals surface area contributed by atoms with Crippen LogP contribution in [0, 0.1) is 0 Å². The summed E-state index contributed by atoms with van der Waals surface area (Å²) in [5, 5.41) is 3.69. The van der Waals surface area contributed by atoms with Crippen molar-refractivity contribution in [1.82, 2.24) is 10.2 Å². The van der Waals surface area contributed by atoms with Gasteiger partial charge in [-0.2, -0.15) is 0 Å². The van der Waals surface area contributed by atoms with Gasteiger partial charge < -0.3 is 10.2 Å². The van der Waals surface area contributed by atoms with E-state index in [1.54, 1.807) is 12.1 Å². The topological polar surface area (TPSA) is 86.8 Å². The van der Waals surface area contributed by atoms with Crippen LogP contribution >= 0.6 is 46.4 Å². The Balaban J connectivity index is 2.11. The van der Waals surface area contributed by atoms with Crippen LogP contribution in [0.4, 0.5) is 5.69 Å². The van der Waals surface area contributed by atoms with E-state index in [0.29, 0.717) is 15.6 Å². The number of anilines is 1. The van der Waals surface area contributed by atoms with E-state index in [9.17, 15) is 18.0 Å². The molecule has 1 atom stereocenters. The summed E-state index contributed by atoms with van der Waals surface area (Å²) in [6, 6.07) is 17.3. The highest BCUT2D eigenvalue weighted by Gasteiger charge is 2.34. The van der Waals surface area contributed by atoms with Gasteiger partial charge in [0.25, 0.3) is 0 Å². The maximum absolute atomic E-state index is 14.1. The van der Waals surface area contributed by atoms with Gasteiger partial charge in [0.15, 0.2) is 0 Å². The molecule has 0 spiro atoms. The van der Waals surface area contributed by atoms with E-state index in [2.05, 4.69) is 5.32 Å². The van der Waals surface area contributed by atoms with Gasteiger partial charge in [0.1, 0.15) is 12.6 Å². The van der Waals surface area contributed by atoms with Crippen molar-refractivity contribution >= 4 is 73.9 Å². The quantitative estimate of drug-likeness (QED) is 0.268. The van der Waals surface area contributed by atoms with Crippen molar-refractivity contribution in [2.45, 2.75) is 38.9 Å². The number of hydrogen-bond acceptors (Lipinski definition) is 4. The van der Waals surface area contributed by atoms with Crippen molar-refractivity contribution in [2.24, 2.45) is 0 Å². The van der Waals surface area contributed by atoms with Crippen LogP contribution in [0.3, 0.4) is 0 Å². The van der Waals surface area contributed by atoms with Crippen LogP contribution in [0.5, 0.6) is 0 Å². The number of hydrogen-bond donors (Lipinski definition) is 1. The zero-order valence-corrected chi connectivity index (χ0v) is 25.9. The summed E-state index contributed by atoms with van der Waals surface area (Å²) in [5.74, 6) is -1.05. The zero-order valence-electron chi connectivity index (χ0n) is 22.1. The molecule has 3 aromatic carbocycles. The second-order valence-corrected chi connectivity index (χ2v) is 13.0. The van der Waals surface area contributed by atoms with E-state index >= 15 is 0 Å². The summed E-state index contributed by atoms with van der Waals surface area (Å²) in [4.78, 5) is 29.0. The molecule has 40 heavy (non-hydrogen) atoms. The van der Waals surface area contributed by atoms with Crippen LogP contribution < -0.4 is 9.62 Å². The van der Waals surface area contributed by atoms with Gasteiger partial charge in [-0.25, -0.2) is 8.42 Å². The zero-order chi connectivity index (χ0) is 29.6. The molecule has 2 amide bonds. The molecule has 0 heterocycles. The molecular formula is C28H29Cl4N3O4S. The van der Waals surface area contributed by atoms with E-state index in [1.165, 1.54) is 29.2 Å². The summed E-state index contributed by atoms with van der Waals surface area (Å²) >= 11 is 25.0. The van der Waals surface area contributed by atoms with E-state index in [4.69, 9.17) is 46.4 Å². The third-order valence-corrected chi connectivity index (χ3v) is 8.46. The second kappa shape index (κ2) is 13.9. The molecule has 0 aliphatic carbocycles. The van der Waals surface area contributed by atoms with Crippen molar-refractivity contribution in [1.29, 1.82) is 0 Å². The Kier molecular flexibility index (Phi) is 11.1. The predicted molar refractivity (Wildman–Crippen MR) is 163 cm³/mol. The van der Waals surface area contributed by atoms with Gasteiger partial charge >= 0.3 is 0 Å². The van der Waals surface area contributed by atoms with Gasteiger partial charge in [-0.05, 0) is 49.2 Å². The molecule has 0 aromatic heterocycles. The first kappa shape index (κ1) is 32.0. The fourth-order valence-electron chi connectivity index (χ4n) is 4.05. The van der Waals surface area contributed by atoms with Crippen molar-refractivity contribution in [2.75, 3.05) is 17.1 Å². The van der Waals surface area contributed by atoms with Crippen molar-refractivity contribution in [3.63, 3.8) is 0 Å². The summed E-state index contributed by atoms with van der Waals surface area (Å²) in [6.45, 7) is 2.90. The van der Waals surface area contributed by atoms with Crippen LogP contribution in [0.25, 0.3) is 0 Å². The molecule has 0 bridgehead atoms. The maximum Gasteiger partial charge on any atom is 0.244 e. The van der Waals surface area contributed by atoms with Gasteiger partial charge in [-0.1, -0.05) is 88.9 Å². The first-order valence-corrected chi connectivity index (χ1v) is 15.6. The maximum atomic E-state index is 14.1. The first-order valence-electron chi connectivity index (χ1n) is 12.3. The Morgan fingerprint density at radius 1 is 0.900 bits per heavy atom.